The second-order valence-electron chi connectivity index (χ2n) is 4.95. The van der Waals surface area contributed by atoms with Gasteiger partial charge in [0.2, 0.25) is 0 Å². The van der Waals surface area contributed by atoms with Gasteiger partial charge in [0.25, 0.3) is 0 Å². The predicted octanol–water partition coefficient (Wildman–Crippen LogP) is 3.38. The van der Waals surface area contributed by atoms with Crippen LogP contribution < -0.4 is 5.32 Å². The van der Waals surface area contributed by atoms with Crippen LogP contribution in [0.15, 0.2) is 24.3 Å². The summed E-state index contributed by atoms with van der Waals surface area (Å²) in [5.74, 6) is 0.883. The standard InChI is InChI=1S/C14H19N/c1-2-9-15-14(6-1)13-5-3-4-12(10-13)11-7-8-11/h3-5,10-11,14-15H,1-2,6-9H2. The number of hydrogen-bond acceptors (Lipinski definition) is 1. The van der Waals surface area contributed by atoms with E-state index in [1.54, 1.807) is 5.56 Å². The summed E-state index contributed by atoms with van der Waals surface area (Å²) in [5.41, 5.74) is 3.08. The lowest BCUT2D eigenvalue weighted by atomic mass is 9.95. The second-order valence-corrected chi connectivity index (χ2v) is 4.95. The molecule has 1 atom stereocenters. The van der Waals surface area contributed by atoms with Crippen molar-refractivity contribution in [3.8, 4) is 0 Å². The minimum atomic E-state index is 0.623. The quantitative estimate of drug-likeness (QED) is 0.773. The van der Waals surface area contributed by atoms with Crippen molar-refractivity contribution >= 4 is 0 Å². The first kappa shape index (κ1) is 9.41. The Balaban J connectivity index is 1.80. The normalized spacial score (nSPS) is 26.5. The maximum absolute atomic E-state index is 3.62. The van der Waals surface area contributed by atoms with Gasteiger partial charge in [-0.1, -0.05) is 30.7 Å². The average molecular weight is 201 g/mol. The zero-order valence-electron chi connectivity index (χ0n) is 9.21. The molecule has 1 aliphatic carbocycles. The molecule has 1 saturated heterocycles. The zero-order chi connectivity index (χ0) is 10.1. The minimum Gasteiger partial charge on any atom is -0.310 e. The maximum Gasteiger partial charge on any atom is 0.0320 e. The van der Waals surface area contributed by atoms with Gasteiger partial charge >= 0.3 is 0 Å². The molecule has 1 nitrogen and oxygen atoms in total. The predicted molar refractivity (Wildman–Crippen MR) is 63.0 cm³/mol. The van der Waals surface area contributed by atoms with Gasteiger partial charge in [0.1, 0.15) is 0 Å². The van der Waals surface area contributed by atoms with Crippen LogP contribution in [0.5, 0.6) is 0 Å². The molecule has 3 rings (SSSR count). The van der Waals surface area contributed by atoms with Crippen molar-refractivity contribution in [2.45, 2.75) is 44.1 Å². The van der Waals surface area contributed by atoms with E-state index in [1.165, 1.54) is 44.2 Å². The minimum absolute atomic E-state index is 0.623. The second kappa shape index (κ2) is 3.97. The SMILES string of the molecule is c1cc(C2CC2)cc(C2CCCCN2)c1. The Labute approximate surface area is 91.9 Å². The summed E-state index contributed by atoms with van der Waals surface area (Å²) in [6.45, 7) is 1.19. The van der Waals surface area contributed by atoms with E-state index in [-0.39, 0.29) is 0 Å². The molecule has 0 bridgehead atoms. The van der Waals surface area contributed by atoms with E-state index in [4.69, 9.17) is 0 Å². The lowest BCUT2D eigenvalue weighted by Crippen LogP contribution is -2.26. The molecule has 1 aromatic rings. The van der Waals surface area contributed by atoms with Gasteiger partial charge in [-0.2, -0.15) is 0 Å². The third kappa shape index (κ3) is 2.07. The van der Waals surface area contributed by atoms with E-state index in [0.29, 0.717) is 6.04 Å². The summed E-state index contributed by atoms with van der Waals surface area (Å²) >= 11 is 0. The molecule has 2 aliphatic rings. The molecular weight excluding hydrogens is 182 g/mol. The topological polar surface area (TPSA) is 12.0 Å². The number of rotatable bonds is 2. The van der Waals surface area contributed by atoms with Crippen LogP contribution in [0.3, 0.4) is 0 Å². The molecule has 1 saturated carbocycles. The molecule has 15 heavy (non-hydrogen) atoms. The first-order valence-electron chi connectivity index (χ1n) is 6.27. The van der Waals surface area contributed by atoms with E-state index in [2.05, 4.69) is 29.6 Å². The third-order valence-electron chi connectivity index (χ3n) is 3.67. The van der Waals surface area contributed by atoms with E-state index in [9.17, 15) is 0 Å². The van der Waals surface area contributed by atoms with Gasteiger partial charge in [-0.3, -0.25) is 0 Å². The molecule has 0 radical (unpaired) electrons. The highest BCUT2D eigenvalue weighted by Gasteiger charge is 2.24. The van der Waals surface area contributed by atoms with Gasteiger partial charge in [-0.05, 0) is 49.3 Å². The van der Waals surface area contributed by atoms with E-state index < -0.39 is 0 Å². The molecule has 1 heteroatoms. The highest BCUT2D eigenvalue weighted by Crippen LogP contribution is 2.40. The summed E-state index contributed by atoms with van der Waals surface area (Å²) in [6.07, 6.45) is 6.85. The lowest BCUT2D eigenvalue weighted by molar-refractivity contribution is 0.412. The maximum atomic E-state index is 3.62. The van der Waals surface area contributed by atoms with E-state index >= 15 is 0 Å². The molecule has 1 heterocycles. The lowest BCUT2D eigenvalue weighted by Gasteiger charge is -2.24. The molecule has 0 aromatic heterocycles. The number of benzene rings is 1. The van der Waals surface area contributed by atoms with Crippen LogP contribution in [0.25, 0.3) is 0 Å². The molecule has 80 valence electrons. The first-order valence-corrected chi connectivity index (χ1v) is 6.27. The smallest absolute Gasteiger partial charge is 0.0320 e. The van der Waals surface area contributed by atoms with Crippen LogP contribution in [-0.4, -0.2) is 6.54 Å². The zero-order valence-corrected chi connectivity index (χ0v) is 9.21. The van der Waals surface area contributed by atoms with Crippen molar-refractivity contribution < 1.29 is 0 Å². The largest absolute Gasteiger partial charge is 0.310 e. The van der Waals surface area contributed by atoms with Gasteiger partial charge in [0.15, 0.2) is 0 Å². The van der Waals surface area contributed by atoms with Gasteiger partial charge in [0.05, 0.1) is 0 Å². The van der Waals surface area contributed by atoms with Crippen molar-refractivity contribution in [1.29, 1.82) is 0 Å². The number of nitrogens with one attached hydrogen (secondary N) is 1. The number of hydrogen-bond donors (Lipinski definition) is 1. The molecule has 0 spiro atoms. The fraction of sp³-hybridized carbons (Fsp3) is 0.571. The van der Waals surface area contributed by atoms with Crippen molar-refractivity contribution in [3.63, 3.8) is 0 Å². The fourth-order valence-electron chi connectivity index (χ4n) is 2.58. The van der Waals surface area contributed by atoms with Crippen LogP contribution in [0, 0.1) is 0 Å². The van der Waals surface area contributed by atoms with Gasteiger partial charge in [-0.25, -0.2) is 0 Å². The summed E-state index contributed by atoms with van der Waals surface area (Å²) < 4.78 is 0. The Morgan fingerprint density at radius 3 is 2.60 bits per heavy atom. The molecule has 1 aromatic carbocycles. The van der Waals surface area contributed by atoms with Gasteiger partial charge in [-0.15, -0.1) is 0 Å². The first-order chi connectivity index (χ1) is 7.43. The van der Waals surface area contributed by atoms with Crippen molar-refractivity contribution in [2.75, 3.05) is 6.54 Å². The summed E-state index contributed by atoms with van der Waals surface area (Å²) in [6, 6.07) is 9.87. The van der Waals surface area contributed by atoms with Crippen LogP contribution in [0.1, 0.15) is 55.2 Å². The molecule has 1 aliphatic heterocycles. The molecule has 0 amide bonds. The van der Waals surface area contributed by atoms with Crippen LogP contribution in [0.2, 0.25) is 0 Å². The van der Waals surface area contributed by atoms with Crippen molar-refractivity contribution in [2.24, 2.45) is 0 Å². The highest BCUT2D eigenvalue weighted by molar-refractivity contribution is 5.31. The van der Waals surface area contributed by atoms with E-state index in [0.717, 1.165) is 5.92 Å². The summed E-state index contributed by atoms with van der Waals surface area (Å²) in [4.78, 5) is 0. The average Bonchev–Trinajstić information content (AvgIpc) is 3.14. The fourth-order valence-corrected chi connectivity index (χ4v) is 2.58. The van der Waals surface area contributed by atoms with E-state index in [1.807, 2.05) is 0 Å². The Morgan fingerprint density at radius 2 is 1.87 bits per heavy atom. The van der Waals surface area contributed by atoms with Crippen LogP contribution >= 0.6 is 0 Å². The molecule has 2 fully saturated rings. The van der Waals surface area contributed by atoms with Gasteiger partial charge in [0, 0.05) is 6.04 Å². The van der Waals surface area contributed by atoms with Crippen molar-refractivity contribution in [3.05, 3.63) is 35.4 Å². The molecular formula is C14H19N. The molecule has 1 N–H and O–H groups in total. The van der Waals surface area contributed by atoms with Crippen molar-refractivity contribution in [1.82, 2.24) is 5.32 Å². The Bertz CT molecular complexity index is 335. The summed E-state index contributed by atoms with van der Waals surface area (Å²) in [7, 11) is 0. The van der Waals surface area contributed by atoms with Crippen LogP contribution in [-0.2, 0) is 0 Å². The molecule has 1 unspecified atom stereocenters. The highest BCUT2D eigenvalue weighted by atomic mass is 14.9. The Hall–Kier alpha value is -0.820. The monoisotopic (exact) mass is 201 g/mol. The van der Waals surface area contributed by atoms with Gasteiger partial charge < -0.3 is 5.32 Å². The Kier molecular flexibility index (Phi) is 2.49. The Morgan fingerprint density at radius 1 is 1.00 bits per heavy atom. The number of piperidine rings is 1. The summed E-state index contributed by atoms with van der Waals surface area (Å²) in [5, 5.41) is 3.62. The third-order valence-corrected chi connectivity index (χ3v) is 3.67. The van der Waals surface area contributed by atoms with Crippen LogP contribution in [0.4, 0.5) is 0 Å².